The van der Waals surface area contributed by atoms with Gasteiger partial charge in [-0.25, -0.2) is 0 Å². The molecule has 1 aliphatic carbocycles. The molecule has 2 aromatic rings. The van der Waals surface area contributed by atoms with Crippen LogP contribution in [0.5, 0.6) is 0 Å². The predicted octanol–water partition coefficient (Wildman–Crippen LogP) is 4.05. The lowest BCUT2D eigenvalue weighted by molar-refractivity contribution is 0.749. The van der Waals surface area contributed by atoms with Gasteiger partial charge in [0, 0.05) is 27.1 Å². The Kier molecular flexibility index (Phi) is 1.75. The highest BCUT2D eigenvalue weighted by atomic mass is 79.9. The summed E-state index contributed by atoms with van der Waals surface area (Å²) in [5, 5.41) is 1.34. The Morgan fingerprint density at radius 3 is 2.86 bits per heavy atom. The molecule has 1 aromatic carbocycles. The van der Waals surface area contributed by atoms with Crippen LogP contribution < -0.4 is 0 Å². The summed E-state index contributed by atoms with van der Waals surface area (Å²) in [7, 11) is 0. The van der Waals surface area contributed by atoms with Gasteiger partial charge in [-0.1, -0.05) is 22.0 Å². The fourth-order valence-corrected chi connectivity index (χ4v) is 2.63. The second-order valence-corrected chi connectivity index (χ2v) is 4.91. The highest BCUT2D eigenvalue weighted by Crippen LogP contribution is 2.40. The van der Waals surface area contributed by atoms with Gasteiger partial charge in [0.15, 0.2) is 0 Å². The molecule has 1 aromatic heterocycles. The molecule has 1 fully saturated rings. The maximum atomic E-state index is 3.60. The van der Waals surface area contributed by atoms with E-state index in [-0.39, 0.29) is 0 Å². The van der Waals surface area contributed by atoms with Gasteiger partial charge in [0.1, 0.15) is 0 Å². The smallest absolute Gasteiger partial charge is 0.0496 e. The van der Waals surface area contributed by atoms with Crippen molar-refractivity contribution in [2.75, 3.05) is 0 Å². The maximum absolute atomic E-state index is 3.60. The fraction of sp³-hybridized carbons (Fsp3) is 0.333. The highest BCUT2D eigenvalue weighted by molar-refractivity contribution is 9.10. The second-order valence-electron chi connectivity index (χ2n) is 4.06. The zero-order valence-corrected chi connectivity index (χ0v) is 9.71. The molecule has 3 rings (SSSR count). The van der Waals surface area contributed by atoms with Crippen molar-refractivity contribution in [1.82, 2.24) is 4.57 Å². The van der Waals surface area contributed by atoms with E-state index in [1.54, 1.807) is 0 Å². The molecule has 2 heteroatoms. The van der Waals surface area contributed by atoms with Crippen LogP contribution >= 0.6 is 15.9 Å². The summed E-state index contributed by atoms with van der Waals surface area (Å²) in [6, 6.07) is 9.48. The lowest BCUT2D eigenvalue weighted by atomic mass is 10.2. The van der Waals surface area contributed by atoms with E-state index >= 15 is 0 Å². The fourth-order valence-electron chi connectivity index (χ4n) is 2.16. The summed E-state index contributed by atoms with van der Waals surface area (Å²) in [5.41, 5.74) is 2.76. The first-order valence-corrected chi connectivity index (χ1v) is 5.83. The topological polar surface area (TPSA) is 4.93 Å². The summed E-state index contributed by atoms with van der Waals surface area (Å²) >= 11 is 3.60. The summed E-state index contributed by atoms with van der Waals surface area (Å²) in [5.74, 6) is 0. The number of fused-ring (bicyclic) bond motifs is 1. The molecule has 1 nitrogen and oxygen atoms in total. The highest BCUT2D eigenvalue weighted by Gasteiger charge is 2.26. The Morgan fingerprint density at radius 1 is 1.36 bits per heavy atom. The molecule has 1 heterocycles. The number of benzene rings is 1. The van der Waals surface area contributed by atoms with Crippen LogP contribution in [0.2, 0.25) is 0 Å². The van der Waals surface area contributed by atoms with Gasteiger partial charge in [-0.15, -0.1) is 0 Å². The van der Waals surface area contributed by atoms with Crippen LogP contribution in [0, 0.1) is 6.92 Å². The Bertz CT molecular complexity index is 494. The molecule has 14 heavy (non-hydrogen) atoms. The van der Waals surface area contributed by atoms with Crippen LogP contribution in [0.25, 0.3) is 10.9 Å². The number of halogens is 1. The first kappa shape index (κ1) is 8.54. The van der Waals surface area contributed by atoms with Gasteiger partial charge < -0.3 is 4.57 Å². The van der Waals surface area contributed by atoms with E-state index in [2.05, 4.69) is 51.7 Å². The van der Waals surface area contributed by atoms with E-state index in [0.717, 1.165) is 6.04 Å². The molecule has 0 radical (unpaired) electrons. The summed E-state index contributed by atoms with van der Waals surface area (Å²) in [4.78, 5) is 0. The van der Waals surface area contributed by atoms with Crippen LogP contribution in [0.1, 0.15) is 24.6 Å². The lowest BCUT2D eigenvalue weighted by Gasteiger charge is -2.05. The second kappa shape index (κ2) is 2.86. The molecule has 0 unspecified atom stereocenters. The Morgan fingerprint density at radius 2 is 2.14 bits per heavy atom. The molecule has 0 bridgehead atoms. The number of hydrogen-bond acceptors (Lipinski definition) is 0. The van der Waals surface area contributed by atoms with E-state index in [0.29, 0.717) is 0 Å². The third-order valence-electron chi connectivity index (χ3n) is 2.93. The van der Waals surface area contributed by atoms with Crippen molar-refractivity contribution >= 4 is 26.8 Å². The van der Waals surface area contributed by atoms with Gasteiger partial charge >= 0.3 is 0 Å². The van der Waals surface area contributed by atoms with Crippen LogP contribution in [-0.4, -0.2) is 4.57 Å². The van der Waals surface area contributed by atoms with Gasteiger partial charge in [0.25, 0.3) is 0 Å². The van der Waals surface area contributed by atoms with Crippen molar-refractivity contribution < 1.29 is 0 Å². The van der Waals surface area contributed by atoms with E-state index in [1.165, 1.54) is 33.9 Å². The average molecular weight is 250 g/mol. The predicted molar refractivity (Wildman–Crippen MR) is 62.6 cm³/mol. The molecule has 0 aliphatic heterocycles. The minimum Gasteiger partial charge on any atom is -0.342 e. The maximum Gasteiger partial charge on any atom is 0.0496 e. The summed E-state index contributed by atoms with van der Waals surface area (Å²) in [6.07, 6.45) is 2.69. The Labute approximate surface area is 91.9 Å². The van der Waals surface area contributed by atoms with Crippen LogP contribution in [0.15, 0.2) is 28.7 Å². The lowest BCUT2D eigenvalue weighted by Crippen LogP contribution is -1.94. The Balaban J connectivity index is 2.37. The van der Waals surface area contributed by atoms with E-state index in [1.807, 2.05) is 0 Å². The number of nitrogens with zero attached hydrogens (tertiary/aromatic N) is 1. The van der Waals surface area contributed by atoms with E-state index in [9.17, 15) is 0 Å². The largest absolute Gasteiger partial charge is 0.342 e. The summed E-state index contributed by atoms with van der Waals surface area (Å²) < 4.78 is 3.68. The van der Waals surface area contributed by atoms with Crippen LogP contribution in [0.4, 0.5) is 0 Å². The normalized spacial score (nSPS) is 16.4. The Hall–Kier alpha value is -0.760. The van der Waals surface area contributed by atoms with Crippen LogP contribution in [0.3, 0.4) is 0 Å². The minimum atomic E-state index is 0.766. The van der Waals surface area contributed by atoms with Gasteiger partial charge in [-0.3, -0.25) is 0 Å². The van der Waals surface area contributed by atoms with Gasteiger partial charge in [-0.2, -0.15) is 0 Å². The first-order valence-electron chi connectivity index (χ1n) is 5.03. The standard InChI is InChI=1S/C12H12BrN/c1-8-7-10-11(13)3-2-4-12(10)14(8)9-5-6-9/h2-4,7,9H,5-6H2,1H3. The first-order chi connectivity index (χ1) is 6.77. The van der Waals surface area contributed by atoms with Crippen molar-refractivity contribution in [2.24, 2.45) is 0 Å². The van der Waals surface area contributed by atoms with Crippen molar-refractivity contribution in [1.29, 1.82) is 0 Å². The third-order valence-corrected chi connectivity index (χ3v) is 3.63. The van der Waals surface area contributed by atoms with Crippen molar-refractivity contribution in [3.05, 3.63) is 34.4 Å². The number of aryl methyl sites for hydroxylation is 1. The zero-order chi connectivity index (χ0) is 9.71. The van der Waals surface area contributed by atoms with Crippen LogP contribution in [-0.2, 0) is 0 Å². The average Bonchev–Trinajstić information content (AvgIpc) is 2.91. The zero-order valence-electron chi connectivity index (χ0n) is 8.13. The van der Waals surface area contributed by atoms with E-state index < -0.39 is 0 Å². The van der Waals surface area contributed by atoms with Crippen molar-refractivity contribution in [3.63, 3.8) is 0 Å². The SMILES string of the molecule is Cc1cc2c(Br)cccc2n1C1CC1. The number of rotatable bonds is 1. The quantitative estimate of drug-likeness (QED) is 0.719. The molecule has 72 valence electrons. The van der Waals surface area contributed by atoms with Gasteiger partial charge in [0.05, 0.1) is 0 Å². The molecule has 1 aliphatic rings. The van der Waals surface area contributed by atoms with E-state index in [4.69, 9.17) is 0 Å². The van der Waals surface area contributed by atoms with Crippen molar-refractivity contribution in [3.8, 4) is 0 Å². The molecule has 0 atom stereocenters. The molecule has 0 spiro atoms. The molecule has 0 N–H and O–H groups in total. The molecular weight excluding hydrogens is 238 g/mol. The monoisotopic (exact) mass is 249 g/mol. The number of aromatic nitrogens is 1. The molecule has 0 amide bonds. The molecular formula is C12H12BrN. The summed E-state index contributed by atoms with van der Waals surface area (Å²) in [6.45, 7) is 2.20. The molecule has 1 saturated carbocycles. The minimum absolute atomic E-state index is 0.766. The van der Waals surface area contributed by atoms with Gasteiger partial charge in [-0.05, 0) is 38.0 Å². The van der Waals surface area contributed by atoms with Crippen molar-refractivity contribution in [2.45, 2.75) is 25.8 Å². The van der Waals surface area contributed by atoms with Gasteiger partial charge in [0.2, 0.25) is 0 Å². The molecule has 0 saturated heterocycles. The third kappa shape index (κ3) is 1.13. The number of hydrogen-bond donors (Lipinski definition) is 0.